The second-order valence-electron chi connectivity index (χ2n) is 9.97. The first-order valence-electron chi connectivity index (χ1n) is 12.4. The van der Waals surface area contributed by atoms with Crippen molar-refractivity contribution in [3.8, 4) is 0 Å². The number of nitrogens with one attached hydrogen (secondary N) is 2. The van der Waals surface area contributed by atoms with Crippen LogP contribution < -0.4 is 15.5 Å². The first-order chi connectivity index (χ1) is 17.1. The topological polar surface area (TPSA) is 64.7 Å². The number of halogens is 3. The molecule has 1 heterocycles. The summed E-state index contributed by atoms with van der Waals surface area (Å²) in [7, 11) is 4.08. The molecule has 0 bridgehead atoms. The van der Waals surface area contributed by atoms with E-state index in [-0.39, 0.29) is 24.1 Å². The molecule has 36 heavy (non-hydrogen) atoms. The van der Waals surface area contributed by atoms with Crippen LogP contribution in [0.1, 0.15) is 53.1 Å². The Morgan fingerprint density at radius 1 is 1.00 bits per heavy atom. The summed E-state index contributed by atoms with van der Waals surface area (Å²) in [5, 5.41) is 5.30. The van der Waals surface area contributed by atoms with Gasteiger partial charge in [-0.2, -0.15) is 13.2 Å². The first-order valence-corrected chi connectivity index (χ1v) is 12.4. The van der Waals surface area contributed by atoms with Crippen molar-refractivity contribution in [1.29, 1.82) is 0 Å². The molecule has 2 N–H and O–H groups in total. The summed E-state index contributed by atoms with van der Waals surface area (Å²) in [6.45, 7) is 1.28. The molecule has 2 aromatic rings. The van der Waals surface area contributed by atoms with Crippen molar-refractivity contribution in [3.63, 3.8) is 0 Å². The minimum absolute atomic E-state index is 0.0271. The maximum atomic E-state index is 12.8. The fraction of sp³-hybridized carbons (Fsp3) is 0.481. The maximum absolute atomic E-state index is 12.8. The Morgan fingerprint density at radius 3 is 2.28 bits per heavy atom. The summed E-state index contributed by atoms with van der Waals surface area (Å²) < 4.78 is 38.5. The number of nitrogens with zero attached hydrogens (tertiary/aromatic N) is 2. The third kappa shape index (κ3) is 6.37. The van der Waals surface area contributed by atoms with Crippen molar-refractivity contribution in [2.75, 3.05) is 38.6 Å². The third-order valence-electron chi connectivity index (χ3n) is 7.23. The minimum Gasteiger partial charge on any atom is -0.378 e. The molecular weight excluding hydrogens is 469 g/mol. The SMILES string of the molecule is CN(C)c1ccc(C2CCC(N3CC(NC(=O)CNC(=O)c4cccc(C(F)(F)F)c4)C3)CC2)cc1. The van der Waals surface area contributed by atoms with Gasteiger partial charge in [-0.1, -0.05) is 18.2 Å². The zero-order valence-electron chi connectivity index (χ0n) is 20.6. The Balaban J connectivity index is 1.15. The van der Waals surface area contributed by atoms with Crippen LogP contribution in [0.3, 0.4) is 0 Å². The van der Waals surface area contributed by atoms with Crippen LogP contribution in [0.15, 0.2) is 48.5 Å². The van der Waals surface area contributed by atoms with Crippen molar-refractivity contribution >= 4 is 17.5 Å². The molecule has 0 unspecified atom stereocenters. The maximum Gasteiger partial charge on any atom is 0.416 e. The van der Waals surface area contributed by atoms with Crippen LogP contribution in [0.4, 0.5) is 18.9 Å². The van der Waals surface area contributed by atoms with Gasteiger partial charge in [0.15, 0.2) is 0 Å². The Morgan fingerprint density at radius 2 is 1.67 bits per heavy atom. The summed E-state index contributed by atoms with van der Waals surface area (Å²) in [6.07, 6.45) is 0.0460. The molecule has 194 valence electrons. The van der Waals surface area contributed by atoms with E-state index in [1.54, 1.807) is 0 Å². The zero-order valence-corrected chi connectivity index (χ0v) is 20.6. The summed E-state index contributed by atoms with van der Waals surface area (Å²) in [5.41, 5.74) is 1.58. The highest BCUT2D eigenvalue weighted by Gasteiger charge is 2.35. The van der Waals surface area contributed by atoms with Crippen molar-refractivity contribution in [2.45, 2.75) is 49.9 Å². The van der Waals surface area contributed by atoms with Gasteiger partial charge in [0.1, 0.15) is 0 Å². The van der Waals surface area contributed by atoms with Gasteiger partial charge in [0.25, 0.3) is 5.91 Å². The second-order valence-corrected chi connectivity index (χ2v) is 9.97. The lowest BCUT2D eigenvalue weighted by Crippen LogP contribution is -2.63. The zero-order chi connectivity index (χ0) is 25.9. The van der Waals surface area contributed by atoms with Gasteiger partial charge in [0, 0.05) is 44.5 Å². The summed E-state index contributed by atoms with van der Waals surface area (Å²) in [6, 6.07) is 13.5. The van der Waals surface area contributed by atoms with Crippen LogP contribution in [0.25, 0.3) is 0 Å². The molecule has 0 aromatic heterocycles. The van der Waals surface area contributed by atoms with Crippen molar-refractivity contribution in [3.05, 3.63) is 65.2 Å². The summed E-state index contributed by atoms with van der Waals surface area (Å²) >= 11 is 0. The van der Waals surface area contributed by atoms with Crippen LogP contribution in [0, 0.1) is 0 Å². The Labute approximate surface area is 209 Å². The fourth-order valence-electron chi connectivity index (χ4n) is 5.10. The molecule has 4 rings (SSSR count). The lowest BCUT2D eigenvalue weighted by molar-refractivity contribution is -0.137. The van der Waals surface area contributed by atoms with Crippen molar-refractivity contribution in [1.82, 2.24) is 15.5 Å². The third-order valence-corrected chi connectivity index (χ3v) is 7.23. The molecule has 0 atom stereocenters. The van der Waals surface area contributed by atoms with E-state index in [2.05, 4.69) is 44.7 Å². The van der Waals surface area contributed by atoms with Gasteiger partial charge < -0.3 is 15.5 Å². The quantitative estimate of drug-likeness (QED) is 0.600. The molecule has 1 saturated carbocycles. The average Bonchev–Trinajstić information content (AvgIpc) is 2.84. The van der Waals surface area contributed by atoms with E-state index in [1.807, 2.05) is 14.1 Å². The van der Waals surface area contributed by atoms with Crippen molar-refractivity contribution in [2.24, 2.45) is 0 Å². The molecule has 2 aliphatic rings. The van der Waals surface area contributed by atoms with Crippen LogP contribution in [-0.2, 0) is 11.0 Å². The Kier molecular flexibility index (Phi) is 7.88. The molecule has 0 radical (unpaired) electrons. The summed E-state index contributed by atoms with van der Waals surface area (Å²) in [5.74, 6) is -0.459. The molecular formula is C27H33F3N4O2. The summed E-state index contributed by atoms with van der Waals surface area (Å²) in [4.78, 5) is 28.9. The van der Waals surface area contributed by atoms with E-state index in [0.717, 1.165) is 50.9 Å². The number of rotatable bonds is 7. The highest BCUT2D eigenvalue weighted by molar-refractivity contribution is 5.96. The lowest BCUT2D eigenvalue weighted by atomic mass is 9.80. The average molecular weight is 503 g/mol. The lowest BCUT2D eigenvalue weighted by Gasteiger charge is -2.46. The first kappa shape index (κ1) is 26.0. The molecule has 2 amide bonds. The Bertz CT molecular complexity index is 1060. The highest BCUT2D eigenvalue weighted by Crippen LogP contribution is 2.36. The Hall–Kier alpha value is -3.07. The van der Waals surface area contributed by atoms with E-state index in [0.29, 0.717) is 12.0 Å². The van der Waals surface area contributed by atoms with Gasteiger partial charge in [-0.3, -0.25) is 14.5 Å². The monoisotopic (exact) mass is 502 g/mol. The molecule has 6 nitrogen and oxygen atoms in total. The molecule has 2 fully saturated rings. The number of carbonyl (C=O) groups excluding carboxylic acids is 2. The number of anilines is 1. The van der Waals surface area contributed by atoms with E-state index >= 15 is 0 Å². The number of hydrogen-bond acceptors (Lipinski definition) is 4. The standard InChI is InChI=1S/C27H33F3N4O2/c1-33(2)23-10-6-18(7-11-23)19-8-12-24(13-9-19)34-16-22(17-34)32-25(35)15-31-26(36)20-4-3-5-21(14-20)27(28,29)30/h3-7,10-11,14,19,22,24H,8-9,12-13,15-17H2,1-2H3,(H,31,36)(H,32,35). The molecule has 1 aliphatic heterocycles. The number of likely N-dealkylation sites (tertiary alicyclic amines) is 1. The number of benzene rings is 2. The van der Waals surface area contributed by atoms with E-state index in [1.165, 1.54) is 23.4 Å². The van der Waals surface area contributed by atoms with Crippen molar-refractivity contribution < 1.29 is 22.8 Å². The second kappa shape index (κ2) is 10.9. The van der Waals surface area contributed by atoms with Gasteiger partial charge in [-0.15, -0.1) is 0 Å². The van der Waals surface area contributed by atoms with Gasteiger partial charge in [-0.05, 0) is 67.5 Å². The van der Waals surface area contributed by atoms with E-state index in [4.69, 9.17) is 0 Å². The van der Waals surface area contributed by atoms with E-state index < -0.39 is 17.6 Å². The minimum atomic E-state index is -4.53. The smallest absolute Gasteiger partial charge is 0.378 e. The number of alkyl halides is 3. The van der Waals surface area contributed by atoms with Crippen LogP contribution >= 0.6 is 0 Å². The van der Waals surface area contributed by atoms with Gasteiger partial charge in [0.2, 0.25) is 5.91 Å². The van der Waals surface area contributed by atoms with Gasteiger partial charge in [-0.25, -0.2) is 0 Å². The van der Waals surface area contributed by atoms with Gasteiger partial charge in [0.05, 0.1) is 18.2 Å². The van der Waals surface area contributed by atoms with Crippen LogP contribution in [-0.4, -0.2) is 62.5 Å². The number of amides is 2. The molecule has 1 saturated heterocycles. The molecule has 2 aromatic carbocycles. The van der Waals surface area contributed by atoms with Crippen LogP contribution in [0.2, 0.25) is 0 Å². The fourth-order valence-corrected chi connectivity index (χ4v) is 5.10. The molecule has 0 spiro atoms. The largest absolute Gasteiger partial charge is 0.416 e. The van der Waals surface area contributed by atoms with Crippen LogP contribution in [0.5, 0.6) is 0 Å². The van der Waals surface area contributed by atoms with E-state index in [9.17, 15) is 22.8 Å². The number of carbonyl (C=O) groups is 2. The normalized spacial score (nSPS) is 20.9. The molecule has 1 aliphatic carbocycles. The van der Waals surface area contributed by atoms with Gasteiger partial charge >= 0.3 is 6.18 Å². The predicted molar refractivity (Wildman–Crippen MR) is 133 cm³/mol. The molecule has 9 heteroatoms. The highest BCUT2D eigenvalue weighted by atomic mass is 19.4. The number of hydrogen-bond donors (Lipinski definition) is 2. The predicted octanol–water partition coefficient (Wildman–Crippen LogP) is 4.03.